The number of benzene rings is 1. The van der Waals surface area contributed by atoms with Crippen molar-refractivity contribution >= 4 is 11.6 Å². The highest BCUT2D eigenvalue weighted by molar-refractivity contribution is 5.98. The number of halogens is 4. The second-order valence-corrected chi connectivity index (χ2v) is 4.07. The number of para-hydroxylation sites is 1. The van der Waals surface area contributed by atoms with Crippen molar-refractivity contribution in [2.45, 2.75) is 32.1 Å². The molecule has 0 aliphatic rings. The van der Waals surface area contributed by atoms with Crippen molar-refractivity contribution in [2.75, 3.05) is 11.4 Å². The van der Waals surface area contributed by atoms with Crippen molar-refractivity contribution in [3.63, 3.8) is 0 Å². The lowest BCUT2D eigenvalue weighted by atomic mass is 10.2. The van der Waals surface area contributed by atoms with E-state index in [1.54, 1.807) is 18.2 Å². The Kier molecular flexibility index (Phi) is 5.32. The molecule has 0 fully saturated rings. The van der Waals surface area contributed by atoms with Gasteiger partial charge in [-0.3, -0.25) is 4.79 Å². The lowest BCUT2D eigenvalue weighted by Gasteiger charge is -2.26. The smallest absolute Gasteiger partial charge is 0.307 e. The number of carbonyl (C=O) groups excluding carboxylic acids is 1. The fourth-order valence-corrected chi connectivity index (χ4v) is 1.55. The summed E-state index contributed by atoms with van der Waals surface area (Å²) in [4.78, 5) is 12.3. The molecule has 1 rings (SSSR count). The van der Waals surface area contributed by atoms with Crippen molar-refractivity contribution < 1.29 is 22.4 Å². The molecule has 6 heteroatoms. The van der Waals surface area contributed by atoms with Gasteiger partial charge in [0.05, 0.1) is 0 Å². The number of carbonyl (C=O) groups is 1. The summed E-state index contributed by atoms with van der Waals surface area (Å²) in [5.74, 6) is -6.52. The van der Waals surface area contributed by atoms with Gasteiger partial charge in [0, 0.05) is 12.2 Å². The van der Waals surface area contributed by atoms with Crippen LogP contribution >= 0.6 is 0 Å². The monoisotopic (exact) mass is 277 g/mol. The minimum absolute atomic E-state index is 0.0122. The first-order valence-corrected chi connectivity index (χ1v) is 5.94. The second-order valence-electron chi connectivity index (χ2n) is 4.07. The average molecular weight is 277 g/mol. The lowest BCUT2D eigenvalue weighted by molar-refractivity contribution is -0.166. The quantitative estimate of drug-likeness (QED) is 0.726. The average Bonchev–Trinajstić information content (AvgIpc) is 2.40. The van der Waals surface area contributed by atoms with Gasteiger partial charge in [0.15, 0.2) is 0 Å². The first kappa shape index (κ1) is 15.5. The Bertz CT molecular complexity index is 408. The third kappa shape index (κ3) is 3.68. The molecule has 2 nitrogen and oxygen atoms in total. The Morgan fingerprint density at radius 3 is 2.32 bits per heavy atom. The molecule has 0 radical (unpaired) electrons. The van der Waals surface area contributed by atoms with E-state index in [-0.39, 0.29) is 12.2 Å². The van der Waals surface area contributed by atoms with Crippen LogP contribution in [-0.2, 0) is 4.79 Å². The number of unbranched alkanes of at least 4 members (excludes halogenated alkanes) is 1. The second kappa shape index (κ2) is 6.54. The van der Waals surface area contributed by atoms with Crippen LogP contribution in [-0.4, -0.2) is 24.8 Å². The fourth-order valence-electron chi connectivity index (χ4n) is 1.55. The number of alkyl halides is 4. The summed E-state index contributed by atoms with van der Waals surface area (Å²) in [7, 11) is 0. The number of rotatable bonds is 6. The van der Waals surface area contributed by atoms with E-state index in [0.29, 0.717) is 12.8 Å². The molecule has 0 spiro atoms. The largest absolute Gasteiger partial charge is 0.384 e. The van der Waals surface area contributed by atoms with Gasteiger partial charge in [-0.25, -0.2) is 8.78 Å². The molecule has 0 N–H and O–H groups in total. The maximum absolute atomic E-state index is 13.2. The first-order valence-electron chi connectivity index (χ1n) is 5.94. The van der Waals surface area contributed by atoms with Crippen LogP contribution in [0.1, 0.15) is 19.8 Å². The highest BCUT2D eigenvalue weighted by atomic mass is 19.3. The predicted molar refractivity (Wildman–Crippen MR) is 64.7 cm³/mol. The molecule has 0 saturated heterocycles. The Morgan fingerprint density at radius 1 is 1.26 bits per heavy atom. The molecule has 0 aromatic heterocycles. The predicted octanol–water partition coefficient (Wildman–Crippen LogP) is 3.72. The number of amides is 1. The molecule has 0 bridgehead atoms. The Morgan fingerprint density at radius 2 is 1.84 bits per heavy atom. The van der Waals surface area contributed by atoms with Gasteiger partial charge in [-0.15, -0.1) is 0 Å². The molecule has 0 unspecified atom stereocenters. The van der Waals surface area contributed by atoms with E-state index in [1.165, 1.54) is 12.1 Å². The van der Waals surface area contributed by atoms with Gasteiger partial charge < -0.3 is 4.90 Å². The zero-order valence-electron chi connectivity index (χ0n) is 10.5. The van der Waals surface area contributed by atoms with Crippen LogP contribution < -0.4 is 4.90 Å². The van der Waals surface area contributed by atoms with Crippen molar-refractivity contribution in [3.05, 3.63) is 30.3 Å². The molecule has 1 amide bonds. The van der Waals surface area contributed by atoms with Gasteiger partial charge >= 0.3 is 18.3 Å². The number of hydrogen-bond acceptors (Lipinski definition) is 1. The van der Waals surface area contributed by atoms with Crippen LogP contribution in [0.15, 0.2) is 30.3 Å². The van der Waals surface area contributed by atoms with Gasteiger partial charge in [0.25, 0.3) is 0 Å². The Hall–Kier alpha value is -1.59. The number of nitrogens with zero attached hydrogens (tertiary/aromatic N) is 1. The molecule has 0 heterocycles. The van der Waals surface area contributed by atoms with Crippen LogP contribution in [0.5, 0.6) is 0 Å². The summed E-state index contributed by atoms with van der Waals surface area (Å²) in [6.45, 7) is 1.81. The van der Waals surface area contributed by atoms with Gasteiger partial charge in [-0.2, -0.15) is 8.78 Å². The highest BCUT2D eigenvalue weighted by Crippen LogP contribution is 2.28. The number of hydrogen-bond donors (Lipinski definition) is 0. The molecule has 1 aromatic rings. The summed E-state index contributed by atoms with van der Waals surface area (Å²) >= 11 is 0. The van der Waals surface area contributed by atoms with E-state index in [0.717, 1.165) is 4.90 Å². The van der Waals surface area contributed by atoms with E-state index < -0.39 is 18.3 Å². The fraction of sp³-hybridized carbons (Fsp3) is 0.462. The molecule has 1 aromatic carbocycles. The molecule has 106 valence electrons. The minimum atomic E-state index is -4.66. The van der Waals surface area contributed by atoms with Gasteiger partial charge in [-0.1, -0.05) is 31.5 Å². The molecule has 19 heavy (non-hydrogen) atoms. The van der Waals surface area contributed by atoms with Crippen LogP contribution in [0.2, 0.25) is 0 Å². The maximum atomic E-state index is 13.2. The summed E-state index contributed by atoms with van der Waals surface area (Å²) in [6, 6.07) is 7.64. The summed E-state index contributed by atoms with van der Waals surface area (Å²) < 4.78 is 50.9. The Balaban J connectivity index is 3.01. The minimum Gasteiger partial charge on any atom is -0.307 e. The van der Waals surface area contributed by atoms with Crippen molar-refractivity contribution in [1.29, 1.82) is 0 Å². The van der Waals surface area contributed by atoms with Crippen molar-refractivity contribution in [3.8, 4) is 0 Å². The zero-order chi connectivity index (χ0) is 14.5. The van der Waals surface area contributed by atoms with Gasteiger partial charge in [-0.05, 0) is 18.6 Å². The first-order chi connectivity index (χ1) is 8.91. The summed E-state index contributed by atoms with van der Waals surface area (Å²) in [5, 5.41) is 0. The van der Waals surface area contributed by atoms with Crippen LogP contribution in [0, 0.1) is 0 Å². The standard InChI is InChI=1S/C13H15F4NO/c1-2-3-9-18(10-7-5-4-6-8-10)12(19)13(16,17)11(14)15/h4-8,11H,2-3,9H2,1H3. The highest BCUT2D eigenvalue weighted by Gasteiger charge is 2.51. The van der Waals surface area contributed by atoms with E-state index in [2.05, 4.69) is 0 Å². The van der Waals surface area contributed by atoms with Gasteiger partial charge in [0.1, 0.15) is 0 Å². The molecule has 0 saturated carbocycles. The van der Waals surface area contributed by atoms with Crippen LogP contribution in [0.25, 0.3) is 0 Å². The SMILES string of the molecule is CCCCN(C(=O)C(F)(F)C(F)F)c1ccccc1. The van der Waals surface area contributed by atoms with Gasteiger partial charge in [0.2, 0.25) is 0 Å². The van der Waals surface area contributed by atoms with E-state index in [1.807, 2.05) is 6.92 Å². The zero-order valence-corrected chi connectivity index (χ0v) is 10.5. The number of anilines is 1. The van der Waals surface area contributed by atoms with Crippen LogP contribution in [0.4, 0.5) is 23.2 Å². The molecule has 0 aliphatic heterocycles. The third-order valence-corrected chi connectivity index (χ3v) is 2.61. The third-order valence-electron chi connectivity index (χ3n) is 2.61. The van der Waals surface area contributed by atoms with Crippen molar-refractivity contribution in [2.24, 2.45) is 0 Å². The van der Waals surface area contributed by atoms with Crippen LogP contribution in [0.3, 0.4) is 0 Å². The van der Waals surface area contributed by atoms with E-state index in [9.17, 15) is 22.4 Å². The molecular weight excluding hydrogens is 262 g/mol. The molecule has 0 aliphatic carbocycles. The van der Waals surface area contributed by atoms with Crippen molar-refractivity contribution in [1.82, 2.24) is 0 Å². The van der Waals surface area contributed by atoms with E-state index >= 15 is 0 Å². The lowest BCUT2D eigenvalue weighted by Crippen LogP contribution is -2.48. The maximum Gasteiger partial charge on any atom is 0.384 e. The summed E-state index contributed by atoms with van der Waals surface area (Å²) in [5.41, 5.74) is 0.196. The van der Waals surface area contributed by atoms with E-state index in [4.69, 9.17) is 0 Å². The molecular formula is C13H15F4NO. The topological polar surface area (TPSA) is 20.3 Å². The summed E-state index contributed by atoms with van der Waals surface area (Å²) in [6.07, 6.45) is -2.88. The molecule has 0 atom stereocenters. The Labute approximate surface area is 109 Å². The normalized spacial score (nSPS) is 11.7.